The van der Waals surface area contributed by atoms with Crippen LogP contribution in [-0.4, -0.2) is 36.8 Å². The molecule has 0 heterocycles. The molecule has 26 heavy (non-hydrogen) atoms. The summed E-state index contributed by atoms with van der Waals surface area (Å²) in [6.45, 7) is -0.262. The number of halogens is 2. The van der Waals surface area contributed by atoms with Crippen LogP contribution in [0, 0.1) is 0 Å². The van der Waals surface area contributed by atoms with Crippen molar-refractivity contribution in [3.05, 3.63) is 56.5 Å². The van der Waals surface area contributed by atoms with E-state index >= 15 is 0 Å². The molecule has 0 radical (unpaired) electrons. The highest BCUT2D eigenvalue weighted by molar-refractivity contribution is 9.11. The Bertz CT molecular complexity index is 856. The molecular weight excluding hydrogens is 470 g/mol. The van der Waals surface area contributed by atoms with Gasteiger partial charge in [-0.05, 0) is 40.2 Å². The number of hydrogen-bond donors (Lipinski definition) is 3. The number of phenols is 1. The van der Waals surface area contributed by atoms with Crippen molar-refractivity contribution in [2.45, 2.75) is 0 Å². The van der Waals surface area contributed by atoms with Gasteiger partial charge in [0.15, 0.2) is 0 Å². The van der Waals surface area contributed by atoms with E-state index in [2.05, 4.69) is 47.7 Å². The van der Waals surface area contributed by atoms with Gasteiger partial charge in [0.05, 0.1) is 29.9 Å². The van der Waals surface area contributed by atoms with Gasteiger partial charge in [0.2, 0.25) is 0 Å². The Balaban J connectivity index is 1.90. The van der Waals surface area contributed by atoms with Gasteiger partial charge in [-0.25, -0.2) is 5.43 Å². The van der Waals surface area contributed by atoms with Crippen molar-refractivity contribution in [2.24, 2.45) is 5.10 Å². The van der Waals surface area contributed by atoms with Crippen LogP contribution in [0.25, 0.3) is 0 Å². The molecule has 2 rings (SSSR count). The van der Waals surface area contributed by atoms with Crippen molar-refractivity contribution in [3.63, 3.8) is 0 Å². The highest BCUT2D eigenvalue weighted by Crippen LogP contribution is 2.30. The van der Waals surface area contributed by atoms with Gasteiger partial charge in [-0.1, -0.05) is 28.1 Å². The van der Waals surface area contributed by atoms with Crippen molar-refractivity contribution >= 4 is 49.9 Å². The SMILES string of the molecule is COc1ccccc1C(=O)NCC(=O)N/N=C/c1cc(Br)cc(Br)c1O. The van der Waals surface area contributed by atoms with Gasteiger partial charge in [-0.3, -0.25) is 9.59 Å². The number of rotatable bonds is 6. The molecule has 2 aromatic rings. The second-order valence-electron chi connectivity index (χ2n) is 5.00. The maximum Gasteiger partial charge on any atom is 0.259 e. The van der Waals surface area contributed by atoms with Gasteiger partial charge in [0.1, 0.15) is 11.5 Å². The Labute approximate surface area is 166 Å². The first-order valence-corrected chi connectivity index (χ1v) is 8.92. The van der Waals surface area contributed by atoms with Crippen LogP contribution in [0.3, 0.4) is 0 Å². The number of ether oxygens (including phenoxy) is 1. The van der Waals surface area contributed by atoms with E-state index in [0.717, 1.165) is 4.47 Å². The average Bonchev–Trinajstić information content (AvgIpc) is 2.63. The Hall–Kier alpha value is -2.39. The van der Waals surface area contributed by atoms with E-state index in [1.54, 1.807) is 36.4 Å². The van der Waals surface area contributed by atoms with Crippen LogP contribution >= 0.6 is 31.9 Å². The first-order chi connectivity index (χ1) is 12.4. The molecule has 9 heteroatoms. The number of aromatic hydroxyl groups is 1. The molecular formula is C17H15Br2N3O4. The molecule has 0 saturated carbocycles. The van der Waals surface area contributed by atoms with Crippen molar-refractivity contribution in [1.82, 2.24) is 10.7 Å². The first-order valence-electron chi connectivity index (χ1n) is 7.33. The number of benzene rings is 2. The van der Waals surface area contributed by atoms with E-state index in [9.17, 15) is 14.7 Å². The van der Waals surface area contributed by atoms with E-state index in [4.69, 9.17) is 4.74 Å². The van der Waals surface area contributed by atoms with Gasteiger partial charge in [0, 0.05) is 10.0 Å². The number of nitrogens with zero attached hydrogens (tertiary/aromatic N) is 1. The third-order valence-electron chi connectivity index (χ3n) is 3.21. The fourth-order valence-corrected chi connectivity index (χ4v) is 3.24. The molecule has 0 aromatic heterocycles. The summed E-state index contributed by atoms with van der Waals surface area (Å²) in [5, 5.41) is 16.1. The lowest BCUT2D eigenvalue weighted by molar-refractivity contribution is -0.120. The van der Waals surface area contributed by atoms with Crippen molar-refractivity contribution < 1.29 is 19.4 Å². The van der Waals surface area contributed by atoms with Crippen LogP contribution < -0.4 is 15.5 Å². The Kier molecular flexibility index (Phi) is 7.16. The monoisotopic (exact) mass is 483 g/mol. The summed E-state index contributed by atoms with van der Waals surface area (Å²) in [6.07, 6.45) is 1.30. The number of nitrogens with one attached hydrogen (secondary N) is 2. The molecule has 0 aliphatic heterocycles. The fourth-order valence-electron chi connectivity index (χ4n) is 1.99. The molecule has 2 aromatic carbocycles. The molecule has 0 saturated heterocycles. The lowest BCUT2D eigenvalue weighted by Crippen LogP contribution is -2.35. The van der Waals surface area contributed by atoms with Gasteiger partial charge >= 0.3 is 0 Å². The fraction of sp³-hybridized carbons (Fsp3) is 0.118. The molecule has 3 N–H and O–H groups in total. The average molecular weight is 485 g/mol. The highest BCUT2D eigenvalue weighted by atomic mass is 79.9. The zero-order valence-corrected chi connectivity index (χ0v) is 16.8. The van der Waals surface area contributed by atoms with Crippen LogP contribution in [0.1, 0.15) is 15.9 Å². The molecule has 0 bridgehead atoms. The second kappa shape index (κ2) is 9.35. The third kappa shape index (κ3) is 5.30. The molecule has 0 spiro atoms. The quantitative estimate of drug-likeness (QED) is 0.433. The predicted molar refractivity (Wildman–Crippen MR) is 105 cm³/mol. The smallest absolute Gasteiger partial charge is 0.259 e. The highest BCUT2D eigenvalue weighted by Gasteiger charge is 2.12. The summed E-state index contributed by atoms with van der Waals surface area (Å²) in [6, 6.07) is 10.0. The predicted octanol–water partition coefficient (Wildman–Crippen LogP) is 2.81. The summed E-state index contributed by atoms with van der Waals surface area (Å²) in [5.74, 6) is -0.539. The van der Waals surface area contributed by atoms with E-state index < -0.39 is 11.8 Å². The molecule has 0 aliphatic rings. The minimum absolute atomic E-state index is 0.00401. The first kappa shape index (κ1) is 19.9. The number of para-hydroxylation sites is 1. The summed E-state index contributed by atoms with van der Waals surface area (Å²) >= 11 is 6.50. The number of carbonyl (C=O) groups is 2. The summed E-state index contributed by atoms with van der Waals surface area (Å²) < 4.78 is 6.33. The summed E-state index contributed by atoms with van der Waals surface area (Å²) in [5.41, 5.74) is 3.01. The molecule has 136 valence electrons. The Morgan fingerprint density at radius 3 is 2.73 bits per heavy atom. The second-order valence-corrected chi connectivity index (χ2v) is 6.77. The van der Waals surface area contributed by atoms with Crippen LogP contribution in [-0.2, 0) is 4.79 Å². The number of amides is 2. The van der Waals surface area contributed by atoms with Crippen LogP contribution in [0.5, 0.6) is 11.5 Å². The maximum atomic E-state index is 12.1. The number of hydrogen-bond acceptors (Lipinski definition) is 5. The lowest BCUT2D eigenvalue weighted by Gasteiger charge is -2.08. The Morgan fingerprint density at radius 1 is 1.27 bits per heavy atom. The zero-order valence-electron chi connectivity index (χ0n) is 13.6. The zero-order chi connectivity index (χ0) is 19.1. The number of methoxy groups -OCH3 is 1. The van der Waals surface area contributed by atoms with E-state index in [-0.39, 0.29) is 12.3 Å². The topological polar surface area (TPSA) is 100 Å². The lowest BCUT2D eigenvalue weighted by atomic mass is 10.2. The standard InChI is InChI=1S/C17H15Br2N3O4/c1-26-14-5-3-2-4-12(14)17(25)20-9-15(23)22-21-8-10-6-11(18)7-13(19)16(10)24/h2-8,24H,9H2,1H3,(H,20,25)(H,22,23)/b21-8+. The molecule has 2 amide bonds. The normalized spacial score (nSPS) is 10.6. The minimum atomic E-state index is -0.516. The number of carbonyl (C=O) groups excluding carboxylic acids is 2. The van der Waals surface area contributed by atoms with Crippen LogP contribution in [0.15, 0.2) is 50.4 Å². The van der Waals surface area contributed by atoms with E-state index in [0.29, 0.717) is 21.3 Å². The van der Waals surface area contributed by atoms with Crippen LogP contribution in [0.2, 0.25) is 0 Å². The molecule has 0 atom stereocenters. The maximum absolute atomic E-state index is 12.1. The van der Waals surface area contributed by atoms with Gasteiger partial charge < -0.3 is 15.2 Å². The van der Waals surface area contributed by atoms with Gasteiger partial charge in [0.25, 0.3) is 11.8 Å². The summed E-state index contributed by atoms with van der Waals surface area (Å²) in [7, 11) is 1.46. The number of phenolic OH excluding ortho intramolecular Hbond substituents is 1. The molecule has 0 fully saturated rings. The van der Waals surface area contributed by atoms with E-state index in [1.807, 2.05) is 0 Å². The molecule has 0 unspecified atom stereocenters. The minimum Gasteiger partial charge on any atom is -0.506 e. The summed E-state index contributed by atoms with van der Waals surface area (Å²) in [4.78, 5) is 23.9. The van der Waals surface area contributed by atoms with Crippen molar-refractivity contribution in [3.8, 4) is 11.5 Å². The van der Waals surface area contributed by atoms with E-state index in [1.165, 1.54) is 13.3 Å². The molecule has 7 nitrogen and oxygen atoms in total. The van der Waals surface area contributed by atoms with Gasteiger partial charge in [-0.2, -0.15) is 5.10 Å². The van der Waals surface area contributed by atoms with Gasteiger partial charge in [-0.15, -0.1) is 0 Å². The molecule has 0 aliphatic carbocycles. The Morgan fingerprint density at radius 2 is 2.00 bits per heavy atom. The van der Waals surface area contributed by atoms with Crippen molar-refractivity contribution in [1.29, 1.82) is 0 Å². The largest absolute Gasteiger partial charge is 0.506 e. The van der Waals surface area contributed by atoms with Crippen LogP contribution in [0.4, 0.5) is 0 Å². The van der Waals surface area contributed by atoms with Crippen molar-refractivity contribution in [2.75, 3.05) is 13.7 Å². The third-order valence-corrected chi connectivity index (χ3v) is 4.27. The number of hydrazone groups is 1.